The average Bonchev–Trinajstić information content (AvgIpc) is 2.97. The maximum atomic E-state index is 13.8. The number of hydrogen-bond acceptors (Lipinski definition) is 7. The number of carbonyl (C=O) groups is 1. The molecule has 2 N–H and O–H groups in total. The van der Waals surface area contributed by atoms with Crippen LogP contribution in [0.25, 0.3) is 0 Å². The molecule has 1 amide bonds. The lowest BCUT2D eigenvalue weighted by atomic mass is 10.1. The first-order valence-corrected chi connectivity index (χ1v) is 16.1. The summed E-state index contributed by atoms with van der Waals surface area (Å²) in [7, 11) is -5.35. The van der Waals surface area contributed by atoms with Gasteiger partial charge in [-0.3, -0.25) is 13.8 Å². The van der Waals surface area contributed by atoms with E-state index in [-0.39, 0.29) is 26.9 Å². The number of sulfonamides is 2. The highest BCUT2D eigenvalue weighted by molar-refractivity contribution is 7.93. The number of carbonyl (C=O) groups excluding carboxylic acids is 1. The predicted octanol–water partition coefficient (Wildman–Crippen LogP) is 5.61. The molecule has 0 bridgehead atoms. The molecule has 0 fully saturated rings. The van der Waals surface area contributed by atoms with Crippen LogP contribution in [0.3, 0.4) is 0 Å². The molecule has 0 saturated carbocycles. The number of anilines is 3. The van der Waals surface area contributed by atoms with E-state index in [4.69, 9.17) is 21.1 Å². The molecule has 4 rings (SSSR count). The maximum Gasteiger partial charge on any atom is 0.264 e. The molecule has 10 nitrogen and oxygen atoms in total. The van der Waals surface area contributed by atoms with Crippen LogP contribution in [-0.2, 0) is 24.8 Å². The Morgan fingerprint density at radius 2 is 1.42 bits per heavy atom. The summed E-state index contributed by atoms with van der Waals surface area (Å²) >= 11 is 6.01. The molecule has 0 aliphatic rings. The third kappa shape index (κ3) is 7.39. The molecule has 43 heavy (non-hydrogen) atoms. The molecule has 4 aromatic rings. The highest BCUT2D eigenvalue weighted by Gasteiger charge is 2.28. The van der Waals surface area contributed by atoms with Crippen molar-refractivity contribution in [3.63, 3.8) is 0 Å². The Labute approximate surface area is 256 Å². The van der Waals surface area contributed by atoms with Crippen molar-refractivity contribution in [1.29, 1.82) is 0 Å². The highest BCUT2D eigenvalue weighted by atomic mass is 35.5. The largest absolute Gasteiger partial charge is 0.493 e. The lowest BCUT2D eigenvalue weighted by Crippen LogP contribution is -2.38. The van der Waals surface area contributed by atoms with Crippen LogP contribution in [0.15, 0.2) is 94.7 Å². The fourth-order valence-electron chi connectivity index (χ4n) is 4.21. The van der Waals surface area contributed by atoms with Gasteiger partial charge in [-0.05, 0) is 86.1 Å². The third-order valence-corrected chi connectivity index (χ3v) is 9.82. The summed E-state index contributed by atoms with van der Waals surface area (Å²) in [6.45, 7) is 3.13. The molecule has 226 valence electrons. The average molecular weight is 644 g/mol. The van der Waals surface area contributed by atoms with Crippen LogP contribution in [-0.4, -0.2) is 43.5 Å². The quantitative estimate of drug-likeness (QED) is 0.217. The van der Waals surface area contributed by atoms with Gasteiger partial charge in [-0.25, -0.2) is 16.8 Å². The standard InChI is InChI=1S/C30H30ClN3O7S2/c1-20-5-15-27(21(2)17-20)33-42(36,37)25-12-8-23(9-13-25)32-30(35)19-34(24-10-6-22(31)7-11-24)43(38,39)26-14-16-28(40-3)29(18-26)41-4/h5-18,33H,19H2,1-4H3,(H,32,35). The van der Waals surface area contributed by atoms with E-state index >= 15 is 0 Å². The van der Waals surface area contributed by atoms with Crippen molar-refractivity contribution >= 4 is 54.6 Å². The summed E-state index contributed by atoms with van der Waals surface area (Å²) < 4.78 is 67.4. The van der Waals surface area contributed by atoms with E-state index in [2.05, 4.69) is 10.0 Å². The van der Waals surface area contributed by atoms with Crippen molar-refractivity contribution in [3.05, 3.63) is 101 Å². The topological polar surface area (TPSA) is 131 Å². The lowest BCUT2D eigenvalue weighted by Gasteiger charge is -2.24. The van der Waals surface area contributed by atoms with Gasteiger partial charge in [0.2, 0.25) is 5.91 Å². The molecular weight excluding hydrogens is 614 g/mol. The number of ether oxygens (including phenoxy) is 2. The van der Waals surface area contributed by atoms with E-state index in [0.29, 0.717) is 16.5 Å². The second-order valence-corrected chi connectivity index (χ2v) is 13.5. The number of halogens is 1. The molecule has 0 heterocycles. The number of hydrogen-bond donors (Lipinski definition) is 2. The molecular formula is C30H30ClN3O7S2. The maximum absolute atomic E-state index is 13.8. The second-order valence-electron chi connectivity index (χ2n) is 9.50. The number of methoxy groups -OCH3 is 2. The number of rotatable bonds is 11. The SMILES string of the molecule is COc1ccc(S(=O)(=O)N(CC(=O)Nc2ccc(S(=O)(=O)Nc3ccc(C)cc3C)cc2)c2ccc(Cl)cc2)cc1OC. The fourth-order valence-corrected chi connectivity index (χ4v) is 6.90. The molecule has 0 atom stereocenters. The van der Waals surface area contributed by atoms with Crippen molar-refractivity contribution in [2.24, 2.45) is 0 Å². The molecule has 4 aromatic carbocycles. The summed E-state index contributed by atoms with van der Waals surface area (Å²) in [6.07, 6.45) is 0. The summed E-state index contributed by atoms with van der Waals surface area (Å²) in [6, 6.07) is 21.0. The highest BCUT2D eigenvalue weighted by Crippen LogP contribution is 2.32. The molecule has 0 radical (unpaired) electrons. The number of benzene rings is 4. The summed E-state index contributed by atoms with van der Waals surface area (Å²) in [4.78, 5) is 13.0. The van der Waals surface area contributed by atoms with Crippen LogP contribution in [0.2, 0.25) is 5.02 Å². The van der Waals surface area contributed by atoms with Crippen LogP contribution >= 0.6 is 11.6 Å². The Morgan fingerprint density at radius 1 is 0.791 bits per heavy atom. The van der Waals surface area contributed by atoms with E-state index in [9.17, 15) is 21.6 Å². The number of nitrogens with one attached hydrogen (secondary N) is 2. The van der Waals surface area contributed by atoms with Crippen LogP contribution in [0.1, 0.15) is 11.1 Å². The minimum atomic E-state index is -4.27. The minimum Gasteiger partial charge on any atom is -0.493 e. The molecule has 13 heteroatoms. The first kappa shape index (κ1) is 31.7. The summed E-state index contributed by atoms with van der Waals surface area (Å²) in [5, 5.41) is 3.02. The Kier molecular flexibility index (Phi) is 9.53. The molecule has 0 aliphatic heterocycles. The second kappa shape index (κ2) is 12.9. The van der Waals surface area contributed by atoms with E-state index in [1.165, 1.54) is 80.9 Å². The van der Waals surface area contributed by atoms with Crippen LogP contribution in [0.4, 0.5) is 17.1 Å². The van der Waals surface area contributed by atoms with Gasteiger partial charge in [0, 0.05) is 16.8 Å². The predicted molar refractivity (Wildman–Crippen MR) is 167 cm³/mol. The zero-order valence-corrected chi connectivity index (χ0v) is 26.2. The molecule has 0 unspecified atom stereocenters. The van der Waals surface area contributed by atoms with Gasteiger partial charge in [0.15, 0.2) is 11.5 Å². The van der Waals surface area contributed by atoms with E-state index in [1.54, 1.807) is 6.07 Å². The fraction of sp³-hybridized carbons (Fsp3) is 0.167. The molecule has 0 aromatic heterocycles. The zero-order valence-electron chi connectivity index (χ0n) is 23.8. The van der Waals surface area contributed by atoms with Crippen molar-refractivity contribution in [2.75, 3.05) is 35.1 Å². The zero-order chi connectivity index (χ0) is 31.4. The van der Waals surface area contributed by atoms with Gasteiger partial charge in [0.1, 0.15) is 6.54 Å². The van der Waals surface area contributed by atoms with Gasteiger partial charge in [-0.15, -0.1) is 0 Å². The van der Waals surface area contributed by atoms with E-state index in [0.717, 1.165) is 15.4 Å². The minimum absolute atomic E-state index is 0.00991. The Balaban J connectivity index is 1.56. The normalized spacial score (nSPS) is 11.5. The number of amides is 1. The van der Waals surface area contributed by atoms with Crippen LogP contribution in [0, 0.1) is 13.8 Å². The first-order chi connectivity index (χ1) is 20.3. The molecule has 0 spiro atoms. The van der Waals surface area contributed by atoms with Crippen molar-refractivity contribution in [1.82, 2.24) is 0 Å². The lowest BCUT2D eigenvalue weighted by molar-refractivity contribution is -0.114. The monoisotopic (exact) mass is 643 g/mol. The molecule has 0 saturated heterocycles. The smallest absolute Gasteiger partial charge is 0.264 e. The number of nitrogens with zero attached hydrogens (tertiary/aromatic N) is 1. The van der Waals surface area contributed by atoms with Gasteiger partial charge in [0.05, 0.1) is 35.4 Å². The Bertz CT molecular complexity index is 1850. The van der Waals surface area contributed by atoms with E-state index < -0.39 is 32.5 Å². The van der Waals surface area contributed by atoms with Crippen molar-refractivity contribution in [2.45, 2.75) is 23.6 Å². The van der Waals surface area contributed by atoms with Crippen LogP contribution < -0.4 is 23.8 Å². The van der Waals surface area contributed by atoms with E-state index in [1.807, 2.05) is 26.0 Å². The van der Waals surface area contributed by atoms with Gasteiger partial charge in [-0.2, -0.15) is 0 Å². The third-order valence-electron chi connectivity index (χ3n) is 6.42. The number of aryl methyl sites for hydroxylation is 2. The van der Waals surface area contributed by atoms with Crippen LogP contribution in [0.5, 0.6) is 11.5 Å². The van der Waals surface area contributed by atoms with Crippen molar-refractivity contribution in [3.8, 4) is 11.5 Å². The van der Waals surface area contributed by atoms with Gasteiger partial charge in [-0.1, -0.05) is 29.3 Å². The first-order valence-electron chi connectivity index (χ1n) is 12.8. The summed E-state index contributed by atoms with van der Waals surface area (Å²) in [5.41, 5.74) is 2.72. The van der Waals surface area contributed by atoms with Gasteiger partial charge < -0.3 is 14.8 Å². The summed E-state index contributed by atoms with van der Waals surface area (Å²) in [5.74, 6) is -0.124. The Morgan fingerprint density at radius 3 is 2.02 bits per heavy atom. The van der Waals surface area contributed by atoms with Crippen molar-refractivity contribution < 1.29 is 31.1 Å². The van der Waals surface area contributed by atoms with Gasteiger partial charge in [0.25, 0.3) is 20.0 Å². The Hall–Kier alpha value is -4.26. The van der Waals surface area contributed by atoms with Gasteiger partial charge >= 0.3 is 0 Å². The molecule has 0 aliphatic carbocycles.